The smallest absolute Gasteiger partial charge is 0.254 e. The maximum absolute atomic E-state index is 12.0. The predicted octanol–water partition coefficient (Wildman–Crippen LogP) is 2.62. The Labute approximate surface area is 122 Å². The van der Waals surface area contributed by atoms with E-state index < -0.39 is 6.10 Å². The van der Waals surface area contributed by atoms with E-state index >= 15 is 0 Å². The lowest BCUT2D eigenvalue weighted by atomic mass is 9.80. The molecule has 106 valence electrons. The first-order chi connectivity index (χ1) is 8.75. The highest BCUT2D eigenvalue weighted by Crippen LogP contribution is 2.25. The van der Waals surface area contributed by atoms with Crippen molar-refractivity contribution in [3.63, 3.8) is 0 Å². The molecule has 0 radical (unpaired) electrons. The topological polar surface area (TPSA) is 62.2 Å². The number of carbonyl (C=O) groups excluding carboxylic acids is 1. The van der Waals surface area contributed by atoms with Gasteiger partial charge in [-0.2, -0.15) is 0 Å². The summed E-state index contributed by atoms with van der Waals surface area (Å²) in [4.78, 5) is 16.1. The molecule has 19 heavy (non-hydrogen) atoms. The Morgan fingerprint density at radius 2 is 2.16 bits per heavy atom. The second-order valence-electron chi connectivity index (χ2n) is 5.70. The van der Waals surface area contributed by atoms with Gasteiger partial charge in [-0.15, -0.1) is 0 Å². The fourth-order valence-electron chi connectivity index (χ4n) is 1.97. The second kappa shape index (κ2) is 6.48. The van der Waals surface area contributed by atoms with Gasteiger partial charge in [0.25, 0.3) is 5.91 Å². The number of nitrogens with one attached hydrogen (secondary N) is 1. The molecule has 0 aromatic carbocycles. The SMILES string of the molecule is CC(C)C(O)C(C)(C)CNC(=O)c1cccnc1Br. The Hall–Kier alpha value is -0.940. The number of nitrogens with zero attached hydrogens (tertiary/aromatic N) is 1. The van der Waals surface area contributed by atoms with E-state index in [0.29, 0.717) is 16.7 Å². The Morgan fingerprint density at radius 3 is 2.68 bits per heavy atom. The summed E-state index contributed by atoms with van der Waals surface area (Å²) in [5.74, 6) is -0.0407. The van der Waals surface area contributed by atoms with Crippen molar-refractivity contribution < 1.29 is 9.90 Å². The molecule has 4 nitrogen and oxygen atoms in total. The van der Waals surface area contributed by atoms with Gasteiger partial charge in [-0.3, -0.25) is 4.79 Å². The van der Waals surface area contributed by atoms with E-state index in [1.165, 1.54) is 0 Å². The van der Waals surface area contributed by atoms with Crippen LogP contribution in [0.15, 0.2) is 22.9 Å². The van der Waals surface area contributed by atoms with Gasteiger partial charge >= 0.3 is 0 Å². The molecule has 0 spiro atoms. The van der Waals surface area contributed by atoms with E-state index in [-0.39, 0.29) is 17.2 Å². The van der Waals surface area contributed by atoms with Crippen LogP contribution in [-0.2, 0) is 0 Å². The number of amides is 1. The summed E-state index contributed by atoms with van der Waals surface area (Å²) in [5, 5.41) is 13.0. The summed E-state index contributed by atoms with van der Waals surface area (Å²) in [6, 6.07) is 3.42. The molecule has 0 bridgehead atoms. The molecular formula is C14H21BrN2O2. The van der Waals surface area contributed by atoms with Crippen LogP contribution in [0.4, 0.5) is 0 Å². The van der Waals surface area contributed by atoms with Gasteiger partial charge in [-0.25, -0.2) is 4.98 Å². The number of hydrogen-bond acceptors (Lipinski definition) is 3. The van der Waals surface area contributed by atoms with Crippen molar-refractivity contribution >= 4 is 21.8 Å². The van der Waals surface area contributed by atoms with Crippen LogP contribution in [0.3, 0.4) is 0 Å². The van der Waals surface area contributed by atoms with Crippen molar-refractivity contribution in [3.8, 4) is 0 Å². The zero-order valence-corrected chi connectivity index (χ0v) is 13.4. The summed E-state index contributed by atoms with van der Waals surface area (Å²) in [7, 11) is 0. The molecule has 1 atom stereocenters. The van der Waals surface area contributed by atoms with Crippen molar-refractivity contribution in [2.45, 2.75) is 33.8 Å². The van der Waals surface area contributed by atoms with Crippen LogP contribution in [0.25, 0.3) is 0 Å². The minimum atomic E-state index is -0.467. The molecule has 5 heteroatoms. The van der Waals surface area contributed by atoms with Gasteiger partial charge in [0.05, 0.1) is 11.7 Å². The maximum Gasteiger partial charge on any atom is 0.254 e. The Kier molecular flexibility index (Phi) is 5.50. The Balaban J connectivity index is 2.67. The number of aromatic nitrogens is 1. The number of halogens is 1. The third-order valence-electron chi connectivity index (χ3n) is 3.14. The molecule has 1 amide bonds. The fourth-order valence-corrected chi connectivity index (χ4v) is 2.40. The van der Waals surface area contributed by atoms with Crippen molar-refractivity contribution in [2.75, 3.05) is 6.54 Å². The van der Waals surface area contributed by atoms with Crippen LogP contribution >= 0.6 is 15.9 Å². The minimum Gasteiger partial charge on any atom is -0.392 e. The lowest BCUT2D eigenvalue weighted by Crippen LogP contribution is -2.43. The van der Waals surface area contributed by atoms with Crippen molar-refractivity contribution in [1.29, 1.82) is 0 Å². The summed E-state index contributed by atoms with van der Waals surface area (Å²) in [5.41, 5.74) is 0.121. The first kappa shape index (κ1) is 16.1. The average Bonchev–Trinajstić information content (AvgIpc) is 2.35. The maximum atomic E-state index is 12.0. The number of aliphatic hydroxyl groups excluding tert-OH is 1. The molecule has 0 fully saturated rings. The van der Waals surface area contributed by atoms with Gasteiger partial charge in [0.1, 0.15) is 4.60 Å². The van der Waals surface area contributed by atoms with Gasteiger partial charge in [-0.1, -0.05) is 27.7 Å². The highest BCUT2D eigenvalue weighted by Gasteiger charge is 2.30. The second-order valence-corrected chi connectivity index (χ2v) is 6.45. The van der Waals surface area contributed by atoms with E-state index in [1.807, 2.05) is 27.7 Å². The summed E-state index contributed by atoms with van der Waals surface area (Å²) in [6.45, 7) is 8.22. The van der Waals surface area contributed by atoms with Gasteiger partial charge in [0.2, 0.25) is 0 Å². The normalized spacial score (nSPS) is 13.4. The van der Waals surface area contributed by atoms with E-state index in [4.69, 9.17) is 0 Å². The Bertz CT molecular complexity index is 447. The largest absolute Gasteiger partial charge is 0.392 e. The number of hydrogen-bond donors (Lipinski definition) is 2. The highest BCUT2D eigenvalue weighted by molar-refractivity contribution is 9.10. The molecule has 1 unspecified atom stereocenters. The van der Waals surface area contributed by atoms with Gasteiger partial charge in [0, 0.05) is 18.2 Å². The number of carbonyl (C=O) groups is 1. The van der Waals surface area contributed by atoms with Crippen LogP contribution in [-0.4, -0.2) is 28.6 Å². The van der Waals surface area contributed by atoms with E-state index in [2.05, 4.69) is 26.2 Å². The molecule has 1 heterocycles. The standard InChI is InChI=1S/C14H21BrN2O2/c1-9(2)11(18)14(3,4)8-17-13(19)10-6-5-7-16-12(10)15/h5-7,9,11,18H,8H2,1-4H3,(H,17,19). The van der Waals surface area contributed by atoms with Crippen LogP contribution in [0.2, 0.25) is 0 Å². The summed E-state index contributed by atoms with van der Waals surface area (Å²) in [6.07, 6.45) is 1.15. The third-order valence-corrected chi connectivity index (χ3v) is 3.77. The van der Waals surface area contributed by atoms with Crippen LogP contribution < -0.4 is 5.32 Å². The fraction of sp³-hybridized carbons (Fsp3) is 0.571. The molecule has 0 saturated heterocycles. The molecule has 0 aliphatic heterocycles. The molecule has 0 saturated carbocycles. The Morgan fingerprint density at radius 1 is 1.53 bits per heavy atom. The van der Waals surface area contributed by atoms with E-state index in [0.717, 1.165) is 0 Å². The predicted molar refractivity (Wildman–Crippen MR) is 78.9 cm³/mol. The molecule has 0 aliphatic carbocycles. The molecule has 1 rings (SSSR count). The third kappa shape index (κ3) is 4.28. The van der Waals surface area contributed by atoms with E-state index in [1.54, 1.807) is 18.3 Å². The molecular weight excluding hydrogens is 308 g/mol. The quantitative estimate of drug-likeness (QED) is 0.817. The zero-order valence-electron chi connectivity index (χ0n) is 11.8. The first-order valence-corrected chi connectivity index (χ1v) is 7.12. The number of rotatable bonds is 5. The summed E-state index contributed by atoms with van der Waals surface area (Å²) >= 11 is 3.25. The average molecular weight is 329 g/mol. The first-order valence-electron chi connectivity index (χ1n) is 6.32. The van der Waals surface area contributed by atoms with Crippen LogP contribution in [0, 0.1) is 11.3 Å². The van der Waals surface area contributed by atoms with Gasteiger partial charge in [-0.05, 0) is 34.0 Å². The highest BCUT2D eigenvalue weighted by atomic mass is 79.9. The number of aliphatic hydroxyl groups is 1. The zero-order chi connectivity index (χ0) is 14.6. The molecule has 1 aromatic rings. The van der Waals surface area contributed by atoms with Crippen LogP contribution in [0.5, 0.6) is 0 Å². The van der Waals surface area contributed by atoms with Crippen molar-refractivity contribution in [2.24, 2.45) is 11.3 Å². The number of pyridine rings is 1. The molecule has 1 aromatic heterocycles. The minimum absolute atomic E-state index is 0.150. The lowest BCUT2D eigenvalue weighted by Gasteiger charge is -2.33. The van der Waals surface area contributed by atoms with E-state index in [9.17, 15) is 9.90 Å². The molecule has 0 aliphatic rings. The van der Waals surface area contributed by atoms with Crippen molar-refractivity contribution in [1.82, 2.24) is 10.3 Å². The van der Waals surface area contributed by atoms with Crippen molar-refractivity contribution in [3.05, 3.63) is 28.5 Å². The summed E-state index contributed by atoms with van der Waals surface area (Å²) < 4.78 is 0.523. The van der Waals surface area contributed by atoms with Gasteiger partial charge < -0.3 is 10.4 Å². The monoisotopic (exact) mass is 328 g/mol. The molecule has 2 N–H and O–H groups in total. The lowest BCUT2D eigenvalue weighted by molar-refractivity contribution is 0.0138. The van der Waals surface area contributed by atoms with Gasteiger partial charge in [0.15, 0.2) is 0 Å². The van der Waals surface area contributed by atoms with Crippen LogP contribution in [0.1, 0.15) is 38.1 Å².